The van der Waals surface area contributed by atoms with Crippen LogP contribution in [0.3, 0.4) is 0 Å². The molecule has 1 aliphatic rings. The van der Waals surface area contributed by atoms with Gasteiger partial charge in [0, 0.05) is 23.3 Å². The smallest absolute Gasteiger partial charge is 0.0670 e. The second-order valence-corrected chi connectivity index (χ2v) is 5.69. The van der Waals surface area contributed by atoms with Crippen molar-refractivity contribution in [3.8, 4) is 0 Å². The first kappa shape index (κ1) is 14.6. The van der Waals surface area contributed by atoms with Gasteiger partial charge in [-0.15, -0.1) is 0 Å². The molecule has 0 radical (unpaired) electrons. The van der Waals surface area contributed by atoms with Crippen LogP contribution in [0.25, 0.3) is 0 Å². The van der Waals surface area contributed by atoms with E-state index in [-0.39, 0.29) is 6.04 Å². The van der Waals surface area contributed by atoms with Crippen molar-refractivity contribution < 1.29 is 4.74 Å². The average Bonchev–Trinajstić information content (AvgIpc) is 2.40. The number of morpholine rings is 1. The quantitative estimate of drug-likeness (QED) is 0.923. The molecular formula is C15H23ClN2O. The Morgan fingerprint density at radius 2 is 2.32 bits per heavy atom. The van der Waals surface area contributed by atoms with Crippen LogP contribution in [-0.2, 0) is 11.2 Å². The minimum absolute atomic E-state index is 0.134. The van der Waals surface area contributed by atoms with Crippen LogP contribution in [0.4, 0.5) is 5.69 Å². The maximum Gasteiger partial charge on any atom is 0.0670 e. The monoisotopic (exact) mass is 282 g/mol. The largest absolute Gasteiger partial charge is 0.377 e. The molecule has 4 heteroatoms. The highest BCUT2D eigenvalue weighted by Crippen LogP contribution is 2.27. The molecular weight excluding hydrogens is 260 g/mol. The zero-order valence-corrected chi connectivity index (χ0v) is 12.5. The van der Waals surface area contributed by atoms with E-state index in [2.05, 4.69) is 30.0 Å². The molecule has 2 atom stereocenters. The minimum Gasteiger partial charge on any atom is -0.377 e. The number of anilines is 1. The van der Waals surface area contributed by atoms with Crippen molar-refractivity contribution in [3.05, 3.63) is 28.8 Å². The first-order chi connectivity index (χ1) is 9.11. The number of hydrogen-bond acceptors (Lipinski definition) is 3. The highest BCUT2D eigenvalue weighted by atomic mass is 35.5. The molecule has 1 aromatic carbocycles. The Hall–Kier alpha value is -0.770. The standard InChI is InChI=1S/C15H23ClN2O/c1-3-13-10-19-7-6-18(13)14-5-4-12(8-11(2)17)15(16)9-14/h4-5,9,11,13H,3,6-8,10,17H2,1-2H3. The molecule has 19 heavy (non-hydrogen) atoms. The molecule has 1 saturated heterocycles. The summed E-state index contributed by atoms with van der Waals surface area (Å²) in [6.45, 7) is 6.71. The number of ether oxygens (including phenoxy) is 1. The maximum atomic E-state index is 6.37. The van der Waals surface area contributed by atoms with E-state index in [0.29, 0.717) is 6.04 Å². The SMILES string of the molecule is CCC1COCCN1c1ccc(CC(C)N)c(Cl)c1. The zero-order chi connectivity index (χ0) is 13.8. The van der Waals surface area contributed by atoms with E-state index < -0.39 is 0 Å². The van der Waals surface area contributed by atoms with Gasteiger partial charge in [-0.25, -0.2) is 0 Å². The van der Waals surface area contributed by atoms with Gasteiger partial charge in [-0.3, -0.25) is 0 Å². The highest BCUT2D eigenvalue weighted by molar-refractivity contribution is 6.31. The predicted octanol–water partition coefficient (Wildman–Crippen LogP) is 2.84. The van der Waals surface area contributed by atoms with E-state index in [1.54, 1.807) is 0 Å². The lowest BCUT2D eigenvalue weighted by atomic mass is 10.1. The summed E-state index contributed by atoms with van der Waals surface area (Å²) in [5.41, 5.74) is 8.15. The van der Waals surface area contributed by atoms with Crippen LogP contribution in [-0.4, -0.2) is 31.8 Å². The molecule has 1 aromatic rings. The molecule has 3 nitrogen and oxygen atoms in total. The summed E-state index contributed by atoms with van der Waals surface area (Å²) >= 11 is 6.37. The van der Waals surface area contributed by atoms with Gasteiger partial charge in [0.05, 0.1) is 19.3 Å². The van der Waals surface area contributed by atoms with Gasteiger partial charge in [-0.2, -0.15) is 0 Å². The zero-order valence-electron chi connectivity index (χ0n) is 11.7. The third kappa shape index (κ3) is 3.62. The van der Waals surface area contributed by atoms with E-state index in [9.17, 15) is 0 Å². The van der Waals surface area contributed by atoms with Crippen molar-refractivity contribution in [1.29, 1.82) is 0 Å². The Morgan fingerprint density at radius 3 is 2.95 bits per heavy atom. The number of nitrogens with two attached hydrogens (primary N) is 1. The lowest BCUT2D eigenvalue weighted by Crippen LogP contribution is -2.45. The van der Waals surface area contributed by atoms with Crippen molar-refractivity contribution in [1.82, 2.24) is 0 Å². The fourth-order valence-corrected chi connectivity index (χ4v) is 2.81. The van der Waals surface area contributed by atoms with Crippen LogP contribution < -0.4 is 10.6 Å². The van der Waals surface area contributed by atoms with Gasteiger partial charge in [0.2, 0.25) is 0 Å². The van der Waals surface area contributed by atoms with Gasteiger partial charge in [0.15, 0.2) is 0 Å². The van der Waals surface area contributed by atoms with Crippen molar-refractivity contribution >= 4 is 17.3 Å². The lowest BCUT2D eigenvalue weighted by molar-refractivity contribution is 0.0930. The topological polar surface area (TPSA) is 38.5 Å². The Morgan fingerprint density at radius 1 is 1.53 bits per heavy atom. The third-order valence-corrected chi connectivity index (χ3v) is 3.96. The molecule has 106 valence electrons. The summed E-state index contributed by atoms with van der Waals surface area (Å²) in [6.07, 6.45) is 1.90. The Labute approximate surface area is 120 Å². The molecule has 1 aliphatic heterocycles. The van der Waals surface area contributed by atoms with E-state index in [1.165, 1.54) is 5.69 Å². The van der Waals surface area contributed by atoms with Crippen molar-refractivity contribution in [2.75, 3.05) is 24.7 Å². The van der Waals surface area contributed by atoms with Gasteiger partial charge in [-0.1, -0.05) is 24.6 Å². The molecule has 0 saturated carbocycles. The second kappa shape index (κ2) is 6.60. The van der Waals surface area contributed by atoms with Crippen molar-refractivity contribution in [3.63, 3.8) is 0 Å². The fourth-order valence-electron chi connectivity index (χ4n) is 2.56. The van der Waals surface area contributed by atoms with Crippen LogP contribution in [0.1, 0.15) is 25.8 Å². The number of halogens is 1. The third-order valence-electron chi connectivity index (χ3n) is 3.61. The summed E-state index contributed by atoms with van der Waals surface area (Å²) in [5, 5.41) is 0.816. The molecule has 0 spiro atoms. The minimum atomic E-state index is 0.134. The fraction of sp³-hybridized carbons (Fsp3) is 0.600. The maximum absolute atomic E-state index is 6.37. The number of nitrogens with zero attached hydrogens (tertiary/aromatic N) is 1. The Bertz CT molecular complexity index is 423. The van der Waals surface area contributed by atoms with Gasteiger partial charge in [0.1, 0.15) is 0 Å². The number of hydrogen-bond donors (Lipinski definition) is 1. The molecule has 0 bridgehead atoms. The average molecular weight is 283 g/mol. The first-order valence-corrected chi connectivity index (χ1v) is 7.38. The summed E-state index contributed by atoms with van der Waals surface area (Å²) in [7, 11) is 0. The van der Waals surface area contributed by atoms with Gasteiger partial charge in [-0.05, 0) is 37.5 Å². The van der Waals surface area contributed by atoms with Crippen molar-refractivity contribution in [2.45, 2.75) is 38.8 Å². The number of benzene rings is 1. The summed E-state index contributed by atoms with van der Waals surface area (Å²) in [4.78, 5) is 2.39. The van der Waals surface area contributed by atoms with Crippen LogP contribution in [0.5, 0.6) is 0 Å². The summed E-state index contributed by atoms with van der Waals surface area (Å²) in [5.74, 6) is 0. The Balaban J connectivity index is 2.18. The van der Waals surface area contributed by atoms with E-state index in [4.69, 9.17) is 22.1 Å². The van der Waals surface area contributed by atoms with E-state index >= 15 is 0 Å². The van der Waals surface area contributed by atoms with Gasteiger partial charge >= 0.3 is 0 Å². The normalized spacial score (nSPS) is 21.5. The van der Waals surface area contributed by atoms with E-state index in [0.717, 1.165) is 43.2 Å². The molecule has 0 aliphatic carbocycles. The van der Waals surface area contributed by atoms with Crippen molar-refractivity contribution in [2.24, 2.45) is 5.73 Å². The predicted molar refractivity (Wildman–Crippen MR) is 81.0 cm³/mol. The van der Waals surface area contributed by atoms with Crippen LogP contribution >= 0.6 is 11.6 Å². The summed E-state index contributed by atoms with van der Waals surface area (Å²) < 4.78 is 5.54. The van der Waals surface area contributed by atoms with Crippen LogP contribution in [0, 0.1) is 0 Å². The molecule has 2 rings (SSSR count). The second-order valence-electron chi connectivity index (χ2n) is 5.29. The van der Waals surface area contributed by atoms with Gasteiger partial charge in [0.25, 0.3) is 0 Å². The first-order valence-electron chi connectivity index (χ1n) is 7.00. The highest BCUT2D eigenvalue weighted by Gasteiger charge is 2.22. The molecule has 1 fully saturated rings. The molecule has 0 aromatic heterocycles. The van der Waals surface area contributed by atoms with Gasteiger partial charge < -0.3 is 15.4 Å². The lowest BCUT2D eigenvalue weighted by Gasteiger charge is -2.37. The molecule has 2 N–H and O–H groups in total. The van der Waals surface area contributed by atoms with E-state index in [1.807, 2.05) is 6.92 Å². The van der Waals surface area contributed by atoms with Crippen LogP contribution in [0.2, 0.25) is 5.02 Å². The summed E-state index contributed by atoms with van der Waals surface area (Å²) in [6, 6.07) is 6.90. The number of rotatable bonds is 4. The molecule has 0 amide bonds. The van der Waals surface area contributed by atoms with Crippen LogP contribution in [0.15, 0.2) is 18.2 Å². The Kier molecular flexibility index (Phi) is 5.08. The molecule has 1 heterocycles. The molecule has 2 unspecified atom stereocenters.